The lowest BCUT2D eigenvalue weighted by Crippen LogP contribution is -2.23. The van der Waals surface area contributed by atoms with E-state index in [-0.39, 0.29) is 28.4 Å². The molecule has 0 bridgehead atoms. The molecular formula is C11H9ClN6O. The summed E-state index contributed by atoms with van der Waals surface area (Å²) in [4.78, 5) is 16.4. The molecule has 7 nitrogen and oxygen atoms in total. The summed E-state index contributed by atoms with van der Waals surface area (Å²) in [6.45, 7) is 0. The van der Waals surface area contributed by atoms with Crippen molar-refractivity contribution in [3.8, 4) is 5.69 Å². The number of nitrogens with two attached hydrogens (primary N) is 2. The second-order valence-electron chi connectivity index (χ2n) is 3.92. The fourth-order valence-electron chi connectivity index (χ4n) is 1.85. The molecule has 3 rings (SSSR count). The number of nitrogen functional groups attached to an aromatic ring is 2. The van der Waals surface area contributed by atoms with E-state index in [1.807, 2.05) is 0 Å². The van der Waals surface area contributed by atoms with E-state index in [1.165, 1.54) is 4.57 Å². The Kier molecular flexibility index (Phi) is 2.42. The standard InChI is InChI=1S/C11H9ClN6O/c12-5-1-3-6(4-2-5)18-10(19)7-8(13)16-17-9(7)15-11(18)14/h1-4H,(H5,13,14,15,16,17). The van der Waals surface area contributed by atoms with Gasteiger partial charge >= 0.3 is 0 Å². The van der Waals surface area contributed by atoms with Gasteiger partial charge in [-0.2, -0.15) is 10.1 Å². The van der Waals surface area contributed by atoms with Gasteiger partial charge in [0.1, 0.15) is 11.2 Å². The Bertz CT molecular complexity index is 820. The highest BCUT2D eigenvalue weighted by molar-refractivity contribution is 6.30. The smallest absolute Gasteiger partial charge is 0.272 e. The molecule has 0 unspecified atom stereocenters. The molecule has 0 saturated carbocycles. The van der Waals surface area contributed by atoms with E-state index in [9.17, 15) is 4.79 Å². The highest BCUT2D eigenvalue weighted by Crippen LogP contribution is 2.17. The first-order chi connectivity index (χ1) is 9.08. The van der Waals surface area contributed by atoms with E-state index in [1.54, 1.807) is 24.3 Å². The third-order valence-corrected chi connectivity index (χ3v) is 2.98. The molecule has 8 heteroatoms. The Balaban J connectivity index is 2.37. The van der Waals surface area contributed by atoms with Crippen LogP contribution in [0.4, 0.5) is 11.8 Å². The number of aromatic amines is 1. The molecule has 0 aliphatic heterocycles. The van der Waals surface area contributed by atoms with Crippen LogP contribution >= 0.6 is 11.6 Å². The number of nitrogens with one attached hydrogen (secondary N) is 1. The van der Waals surface area contributed by atoms with Gasteiger partial charge in [-0.3, -0.25) is 9.89 Å². The second-order valence-corrected chi connectivity index (χ2v) is 4.36. The van der Waals surface area contributed by atoms with Crippen LogP contribution < -0.4 is 17.0 Å². The van der Waals surface area contributed by atoms with Crippen LogP contribution in [0.15, 0.2) is 29.1 Å². The number of aromatic nitrogens is 4. The maximum atomic E-state index is 12.4. The molecule has 5 N–H and O–H groups in total. The van der Waals surface area contributed by atoms with Gasteiger partial charge in [0.15, 0.2) is 5.65 Å². The van der Waals surface area contributed by atoms with Crippen LogP contribution in [0.2, 0.25) is 5.02 Å². The van der Waals surface area contributed by atoms with Crippen molar-refractivity contribution in [3.63, 3.8) is 0 Å². The Morgan fingerprint density at radius 3 is 2.58 bits per heavy atom. The first kappa shape index (κ1) is 11.5. The van der Waals surface area contributed by atoms with Crippen LogP contribution in [0.1, 0.15) is 0 Å². The number of H-pyrrole nitrogens is 1. The summed E-state index contributed by atoms with van der Waals surface area (Å²) in [6, 6.07) is 6.66. The molecule has 96 valence electrons. The van der Waals surface area contributed by atoms with Gasteiger partial charge in [-0.05, 0) is 24.3 Å². The van der Waals surface area contributed by atoms with Crippen LogP contribution in [-0.2, 0) is 0 Å². The minimum atomic E-state index is -0.379. The number of hydrogen-bond donors (Lipinski definition) is 3. The third-order valence-electron chi connectivity index (χ3n) is 2.73. The maximum Gasteiger partial charge on any atom is 0.272 e. The van der Waals surface area contributed by atoms with Crippen molar-refractivity contribution in [1.29, 1.82) is 0 Å². The van der Waals surface area contributed by atoms with Crippen LogP contribution in [0.3, 0.4) is 0 Å². The Morgan fingerprint density at radius 2 is 1.89 bits per heavy atom. The summed E-state index contributed by atoms with van der Waals surface area (Å²) in [5.74, 6) is 0.196. The average molecular weight is 277 g/mol. The molecular weight excluding hydrogens is 268 g/mol. The SMILES string of the molecule is Nc1[nH]nc2nc(N)n(-c3ccc(Cl)cc3)c(=O)c12. The van der Waals surface area contributed by atoms with Gasteiger partial charge in [-0.15, -0.1) is 0 Å². The summed E-state index contributed by atoms with van der Waals surface area (Å²) in [7, 11) is 0. The van der Waals surface area contributed by atoms with Crippen molar-refractivity contribution in [1.82, 2.24) is 19.7 Å². The zero-order chi connectivity index (χ0) is 13.6. The number of fused-ring (bicyclic) bond motifs is 1. The molecule has 0 aliphatic carbocycles. The fourth-order valence-corrected chi connectivity index (χ4v) is 1.98. The van der Waals surface area contributed by atoms with Gasteiger partial charge in [0.2, 0.25) is 5.95 Å². The largest absolute Gasteiger partial charge is 0.383 e. The summed E-state index contributed by atoms with van der Waals surface area (Å²) in [5.41, 5.74) is 11.8. The lowest BCUT2D eigenvalue weighted by atomic mass is 10.3. The Hall–Kier alpha value is -2.54. The molecule has 19 heavy (non-hydrogen) atoms. The van der Waals surface area contributed by atoms with E-state index < -0.39 is 0 Å². The molecule has 0 atom stereocenters. The van der Waals surface area contributed by atoms with E-state index in [2.05, 4.69) is 15.2 Å². The first-order valence-electron chi connectivity index (χ1n) is 5.36. The highest BCUT2D eigenvalue weighted by atomic mass is 35.5. The van der Waals surface area contributed by atoms with Gasteiger partial charge in [0.25, 0.3) is 5.56 Å². The van der Waals surface area contributed by atoms with E-state index >= 15 is 0 Å². The molecule has 3 aromatic rings. The maximum absolute atomic E-state index is 12.4. The third kappa shape index (κ3) is 1.71. The number of rotatable bonds is 1. The summed E-state index contributed by atoms with van der Waals surface area (Å²) >= 11 is 5.81. The number of benzene rings is 1. The molecule has 1 aromatic carbocycles. The van der Waals surface area contributed by atoms with Crippen molar-refractivity contribution in [2.75, 3.05) is 11.5 Å². The van der Waals surface area contributed by atoms with E-state index in [4.69, 9.17) is 23.1 Å². The van der Waals surface area contributed by atoms with Crippen LogP contribution in [0.5, 0.6) is 0 Å². The van der Waals surface area contributed by atoms with Gasteiger partial charge in [-0.1, -0.05) is 11.6 Å². The van der Waals surface area contributed by atoms with Crippen LogP contribution in [-0.4, -0.2) is 19.7 Å². The topological polar surface area (TPSA) is 116 Å². The average Bonchev–Trinajstić information content (AvgIpc) is 2.73. The van der Waals surface area contributed by atoms with E-state index in [0.717, 1.165) is 0 Å². The molecule has 2 aromatic heterocycles. The number of halogens is 1. The lowest BCUT2D eigenvalue weighted by Gasteiger charge is -2.08. The summed E-state index contributed by atoms with van der Waals surface area (Å²) in [5, 5.41) is 7.10. The Morgan fingerprint density at radius 1 is 1.21 bits per heavy atom. The normalized spacial score (nSPS) is 11.0. The fraction of sp³-hybridized carbons (Fsp3) is 0. The predicted molar refractivity (Wildman–Crippen MR) is 73.3 cm³/mol. The van der Waals surface area contributed by atoms with Crippen molar-refractivity contribution in [3.05, 3.63) is 39.6 Å². The van der Waals surface area contributed by atoms with E-state index in [0.29, 0.717) is 10.7 Å². The second kappa shape index (κ2) is 3.99. The minimum absolute atomic E-state index is 0.0336. The summed E-state index contributed by atoms with van der Waals surface area (Å²) < 4.78 is 1.25. The minimum Gasteiger partial charge on any atom is -0.383 e. The monoisotopic (exact) mass is 276 g/mol. The van der Waals surface area contributed by atoms with Gasteiger partial charge in [-0.25, -0.2) is 4.57 Å². The van der Waals surface area contributed by atoms with Crippen LogP contribution in [0, 0.1) is 0 Å². The van der Waals surface area contributed by atoms with Crippen molar-refractivity contribution in [2.45, 2.75) is 0 Å². The highest BCUT2D eigenvalue weighted by Gasteiger charge is 2.15. The molecule has 0 saturated heterocycles. The van der Waals surface area contributed by atoms with Crippen LogP contribution in [0.25, 0.3) is 16.7 Å². The lowest BCUT2D eigenvalue weighted by molar-refractivity contribution is 0.977. The molecule has 0 aliphatic rings. The first-order valence-corrected chi connectivity index (χ1v) is 5.74. The molecule has 0 spiro atoms. The van der Waals surface area contributed by atoms with Gasteiger partial charge in [0, 0.05) is 5.02 Å². The van der Waals surface area contributed by atoms with Gasteiger partial charge < -0.3 is 11.5 Å². The zero-order valence-corrected chi connectivity index (χ0v) is 10.3. The molecule has 2 heterocycles. The molecule has 0 amide bonds. The quantitative estimate of drug-likeness (QED) is 0.611. The summed E-state index contributed by atoms with van der Waals surface area (Å²) in [6.07, 6.45) is 0. The zero-order valence-electron chi connectivity index (χ0n) is 9.59. The predicted octanol–water partition coefficient (Wildman–Crippen LogP) is 0.927. The van der Waals surface area contributed by atoms with Gasteiger partial charge in [0.05, 0.1) is 5.69 Å². The molecule has 0 radical (unpaired) electrons. The van der Waals surface area contributed by atoms with Crippen molar-refractivity contribution in [2.24, 2.45) is 0 Å². The Labute approximate surface area is 111 Å². The van der Waals surface area contributed by atoms with Crippen molar-refractivity contribution >= 4 is 34.4 Å². The number of nitrogens with zero attached hydrogens (tertiary/aromatic N) is 3. The van der Waals surface area contributed by atoms with Crippen molar-refractivity contribution < 1.29 is 0 Å². The number of anilines is 2. The number of hydrogen-bond acceptors (Lipinski definition) is 5. The molecule has 0 fully saturated rings.